The van der Waals surface area contributed by atoms with Crippen molar-refractivity contribution in [2.75, 3.05) is 5.32 Å². The minimum atomic E-state index is -0.312. The van der Waals surface area contributed by atoms with Crippen molar-refractivity contribution in [2.24, 2.45) is 0 Å². The molecule has 0 saturated carbocycles. The second-order valence-corrected chi connectivity index (χ2v) is 5.92. The molecule has 0 saturated heterocycles. The summed E-state index contributed by atoms with van der Waals surface area (Å²) >= 11 is 1.29. The molecule has 0 bridgehead atoms. The first-order valence-corrected chi connectivity index (χ1v) is 8.06. The van der Waals surface area contributed by atoms with Crippen LogP contribution in [0.2, 0.25) is 0 Å². The summed E-state index contributed by atoms with van der Waals surface area (Å²) < 4.78 is 0. The molecule has 3 rings (SSSR count). The molecule has 5 heteroatoms. The van der Waals surface area contributed by atoms with Crippen molar-refractivity contribution in [1.82, 2.24) is 0 Å². The molecule has 0 aliphatic heterocycles. The zero-order valence-corrected chi connectivity index (χ0v) is 13.3. The summed E-state index contributed by atoms with van der Waals surface area (Å²) in [6.45, 7) is 0. The SMILES string of the molecule is N#Cc1ccsc1NC(=O)c1ccc(C(=O)c2ccccc2)cc1. The highest BCUT2D eigenvalue weighted by molar-refractivity contribution is 7.14. The highest BCUT2D eigenvalue weighted by Crippen LogP contribution is 2.23. The van der Waals surface area contributed by atoms with Crippen LogP contribution in [0.15, 0.2) is 66.0 Å². The van der Waals surface area contributed by atoms with Gasteiger partial charge >= 0.3 is 0 Å². The largest absolute Gasteiger partial charge is 0.312 e. The van der Waals surface area contributed by atoms with E-state index in [4.69, 9.17) is 5.26 Å². The molecule has 3 aromatic rings. The van der Waals surface area contributed by atoms with E-state index in [1.165, 1.54) is 11.3 Å². The van der Waals surface area contributed by atoms with Gasteiger partial charge in [0.15, 0.2) is 5.78 Å². The second kappa shape index (κ2) is 6.90. The van der Waals surface area contributed by atoms with Crippen LogP contribution in [0.3, 0.4) is 0 Å². The van der Waals surface area contributed by atoms with E-state index in [0.29, 0.717) is 27.3 Å². The summed E-state index contributed by atoms with van der Waals surface area (Å²) in [5.74, 6) is -0.403. The summed E-state index contributed by atoms with van der Waals surface area (Å²) in [5, 5.41) is 13.9. The van der Waals surface area contributed by atoms with E-state index >= 15 is 0 Å². The average molecular weight is 332 g/mol. The van der Waals surface area contributed by atoms with Crippen LogP contribution in [0.25, 0.3) is 0 Å². The van der Waals surface area contributed by atoms with E-state index in [1.807, 2.05) is 24.3 Å². The van der Waals surface area contributed by atoms with Gasteiger partial charge < -0.3 is 5.32 Å². The Kier molecular flexibility index (Phi) is 4.50. The maximum absolute atomic E-state index is 12.3. The molecule has 116 valence electrons. The molecule has 0 unspecified atom stereocenters. The number of hydrogen-bond acceptors (Lipinski definition) is 4. The Hall–Kier alpha value is -3.23. The van der Waals surface area contributed by atoms with E-state index in [9.17, 15) is 9.59 Å². The number of amides is 1. The van der Waals surface area contributed by atoms with E-state index in [1.54, 1.807) is 47.8 Å². The lowest BCUT2D eigenvalue weighted by Crippen LogP contribution is -2.12. The van der Waals surface area contributed by atoms with Crippen molar-refractivity contribution < 1.29 is 9.59 Å². The number of carbonyl (C=O) groups is 2. The Morgan fingerprint density at radius 1 is 0.875 bits per heavy atom. The molecule has 0 atom stereocenters. The first kappa shape index (κ1) is 15.7. The van der Waals surface area contributed by atoms with Crippen LogP contribution < -0.4 is 5.32 Å². The summed E-state index contributed by atoms with van der Waals surface area (Å²) in [5.41, 5.74) is 1.99. The van der Waals surface area contributed by atoms with Crippen molar-refractivity contribution in [1.29, 1.82) is 5.26 Å². The van der Waals surface area contributed by atoms with Crippen LogP contribution in [0, 0.1) is 11.3 Å². The third kappa shape index (κ3) is 3.24. The van der Waals surface area contributed by atoms with Crippen LogP contribution in [0.1, 0.15) is 31.8 Å². The molecular formula is C19H12N2O2S. The fourth-order valence-electron chi connectivity index (χ4n) is 2.20. The lowest BCUT2D eigenvalue weighted by molar-refractivity contribution is 0.102. The van der Waals surface area contributed by atoms with Gasteiger partial charge in [0.05, 0.1) is 5.56 Å². The molecule has 0 aliphatic rings. The fourth-order valence-corrected chi connectivity index (χ4v) is 2.93. The van der Waals surface area contributed by atoms with Crippen molar-refractivity contribution >= 4 is 28.0 Å². The Morgan fingerprint density at radius 2 is 1.50 bits per heavy atom. The molecule has 1 aromatic heterocycles. The molecular weight excluding hydrogens is 320 g/mol. The smallest absolute Gasteiger partial charge is 0.256 e. The Balaban J connectivity index is 1.76. The van der Waals surface area contributed by atoms with Gasteiger partial charge in [-0.25, -0.2) is 0 Å². The average Bonchev–Trinajstić information content (AvgIpc) is 3.09. The van der Waals surface area contributed by atoms with Gasteiger partial charge in [-0.2, -0.15) is 5.26 Å². The van der Waals surface area contributed by atoms with Gasteiger partial charge in [-0.3, -0.25) is 9.59 Å². The van der Waals surface area contributed by atoms with Gasteiger partial charge in [0, 0.05) is 16.7 Å². The van der Waals surface area contributed by atoms with E-state index < -0.39 is 0 Å². The summed E-state index contributed by atoms with van der Waals surface area (Å²) in [7, 11) is 0. The number of ketones is 1. The third-order valence-electron chi connectivity index (χ3n) is 3.46. The molecule has 0 radical (unpaired) electrons. The van der Waals surface area contributed by atoms with Crippen molar-refractivity contribution in [3.05, 3.63) is 88.3 Å². The number of benzene rings is 2. The van der Waals surface area contributed by atoms with Crippen LogP contribution in [0.4, 0.5) is 5.00 Å². The Morgan fingerprint density at radius 3 is 2.17 bits per heavy atom. The number of carbonyl (C=O) groups excluding carboxylic acids is 2. The van der Waals surface area contributed by atoms with E-state index in [-0.39, 0.29) is 11.7 Å². The monoisotopic (exact) mass is 332 g/mol. The highest BCUT2D eigenvalue weighted by Gasteiger charge is 2.12. The van der Waals surface area contributed by atoms with Crippen LogP contribution in [-0.4, -0.2) is 11.7 Å². The molecule has 2 aromatic carbocycles. The van der Waals surface area contributed by atoms with Gasteiger partial charge in [0.25, 0.3) is 5.91 Å². The van der Waals surface area contributed by atoms with Crippen molar-refractivity contribution in [3.63, 3.8) is 0 Å². The van der Waals surface area contributed by atoms with E-state index in [0.717, 1.165) is 0 Å². The predicted molar refractivity (Wildman–Crippen MR) is 93.3 cm³/mol. The first-order valence-electron chi connectivity index (χ1n) is 7.18. The molecule has 0 aliphatic carbocycles. The Labute approximate surface area is 143 Å². The number of nitrogens with one attached hydrogen (secondary N) is 1. The molecule has 1 heterocycles. The minimum Gasteiger partial charge on any atom is -0.312 e. The molecule has 0 spiro atoms. The van der Waals surface area contributed by atoms with Gasteiger partial charge in [0.1, 0.15) is 11.1 Å². The molecule has 0 fully saturated rings. The molecule has 1 amide bonds. The lowest BCUT2D eigenvalue weighted by atomic mass is 10.0. The number of rotatable bonds is 4. The maximum Gasteiger partial charge on any atom is 0.256 e. The normalized spacial score (nSPS) is 9.96. The zero-order valence-electron chi connectivity index (χ0n) is 12.5. The fraction of sp³-hybridized carbons (Fsp3) is 0. The number of nitriles is 1. The topological polar surface area (TPSA) is 70.0 Å². The molecule has 4 nitrogen and oxygen atoms in total. The van der Waals surface area contributed by atoms with Gasteiger partial charge in [-0.1, -0.05) is 42.5 Å². The number of hydrogen-bond donors (Lipinski definition) is 1. The van der Waals surface area contributed by atoms with Crippen LogP contribution in [0.5, 0.6) is 0 Å². The van der Waals surface area contributed by atoms with Crippen molar-refractivity contribution in [3.8, 4) is 6.07 Å². The second-order valence-electron chi connectivity index (χ2n) is 5.00. The van der Waals surface area contributed by atoms with Crippen molar-refractivity contribution in [2.45, 2.75) is 0 Å². The molecule has 1 N–H and O–H groups in total. The van der Waals surface area contributed by atoms with Crippen LogP contribution in [-0.2, 0) is 0 Å². The quantitative estimate of drug-likeness (QED) is 0.731. The van der Waals surface area contributed by atoms with Gasteiger partial charge in [-0.15, -0.1) is 11.3 Å². The zero-order chi connectivity index (χ0) is 16.9. The standard InChI is InChI=1S/C19H12N2O2S/c20-12-16-10-11-24-19(16)21-18(23)15-8-6-14(7-9-15)17(22)13-4-2-1-3-5-13/h1-11H,(H,21,23). The van der Waals surface area contributed by atoms with Gasteiger partial charge in [-0.05, 0) is 23.6 Å². The predicted octanol–water partition coefficient (Wildman–Crippen LogP) is 4.10. The van der Waals surface area contributed by atoms with E-state index in [2.05, 4.69) is 5.32 Å². The van der Waals surface area contributed by atoms with Crippen LogP contribution >= 0.6 is 11.3 Å². The lowest BCUT2D eigenvalue weighted by Gasteiger charge is -2.05. The number of nitrogens with zero attached hydrogens (tertiary/aromatic N) is 1. The Bertz CT molecular complexity index is 922. The number of anilines is 1. The first-order chi connectivity index (χ1) is 11.7. The minimum absolute atomic E-state index is 0.0902. The maximum atomic E-state index is 12.3. The summed E-state index contributed by atoms with van der Waals surface area (Å²) in [6.07, 6.45) is 0. The number of thiophene rings is 1. The summed E-state index contributed by atoms with van der Waals surface area (Å²) in [4.78, 5) is 24.6. The highest BCUT2D eigenvalue weighted by atomic mass is 32.1. The van der Waals surface area contributed by atoms with Gasteiger partial charge in [0.2, 0.25) is 0 Å². The summed E-state index contributed by atoms with van der Waals surface area (Å²) in [6, 6.07) is 19.1. The third-order valence-corrected chi connectivity index (χ3v) is 4.29. The molecule has 24 heavy (non-hydrogen) atoms.